The highest BCUT2D eigenvalue weighted by atomic mass is 32.2. The summed E-state index contributed by atoms with van der Waals surface area (Å²) < 4.78 is 17.5. The summed E-state index contributed by atoms with van der Waals surface area (Å²) in [7, 11) is -0.911. The summed E-state index contributed by atoms with van der Waals surface area (Å²) in [5.74, 6) is 3.00. The lowest BCUT2D eigenvalue weighted by molar-refractivity contribution is 0.0160. The summed E-state index contributed by atoms with van der Waals surface area (Å²) in [4.78, 5) is 0. The third-order valence-electron chi connectivity index (χ3n) is 2.32. The molecule has 0 radical (unpaired) electrons. The van der Waals surface area contributed by atoms with Crippen LogP contribution in [-0.4, -0.2) is 27.4 Å². The average molecular weight is 244 g/mol. The minimum Gasteiger partial charge on any atom is -0.364 e. The molecule has 0 saturated heterocycles. The van der Waals surface area contributed by atoms with Crippen LogP contribution in [0.2, 0.25) is 0 Å². The molecule has 0 rings (SSSR count). The summed E-state index contributed by atoms with van der Waals surface area (Å²) in [5.41, 5.74) is -0.0439. The first-order valence-corrected chi connectivity index (χ1v) is 6.84. The molecule has 0 bridgehead atoms. The summed E-state index contributed by atoms with van der Waals surface area (Å²) in [6.45, 7) is 12.4. The first-order valence-electron chi connectivity index (χ1n) is 5.52. The van der Waals surface area contributed by atoms with Crippen molar-refractivity contribution in [1.82, 2.24) is 0 Å². The molecule has 0 aliphatic carbocycles. The summed E-state index contributed by atoms with van der Waals surface area (Å²) in [6, 6.07) is 0. The van der Waals surface area contributed by atoms with E-state index in [9.17, 15) is 4.21 Å². The van der Waals surface area contributed by atoms with Crippen molar-refractivity contribution in [2.24, 2.45) is 5.41 Å². The van der Waals surface area contributed by atoms with Crippen molar-refractivity contribution >= 4 is 10.8 Å². The molecule has 0 spiro atoms. The van der Waals surface area contributed by atoms with E-state index < -0.39 is 10.8 Å². The Hall–Kier alpha value is -0.330. The van der Waals surface area contributed by atoms with Crippen LogP contribution in [0, 0.1) is 17.8 Å². The number of rotatable bonds is 4. The van der Waals surface area contributed by atoms with Crippen molar-refractivity contribution in [3.8, 4) is 12.3 Å². The zero-order valence-electron chi connectivity index (χ0n) is 11.3. The van der Waals surface area contributed by atoms with Crippen LogP contribution < -0.4 is 0 Å². The van der Waals surface area contributed by atoms with Gasteiger partial charge in [-0.1, -0.05) is 26.7 Å². The topological polar surface area (TPSA) is 26.3 Å². The fourth-order valence-corrected chi connectivity index (χ4v) is 2.46. The van der Waals surface area contributed by atoms with Gasteiger partial charge in [0.05, 0.1) is 11.9 Å². The van der Waals surface area contributed by atoms with Gasteiger partial charge in [-0.15, -0.1) is 6.42 Å². The average Bonchev–Trinajstić information content (AvgIpc) is 2.08. The van der Waals surface area contributed by atoms with Crippen molar-refractivity contribution in [1.29, 1.82) is 0 Å². The van der Waals surface area contributed by atoms with Crippen LogP contribution in [0.25, 0.3) is 0 Å². The van der Waals surface area contributed by atoms with Gasteiger partial charge in [0.25, 0.3) is 0 Å². The van der Waals surface area contributed by atoms with Crippen molar-refractivity contribution in [3.63, 3.8) is 0 Å². The van der Waals surface area contributed by atoms with E-state index in [0.717, 1.165) is 0 Å². The first kappa shape index (κ1) is 15.7. The highest BCUT2D eigenvalue weighted by molar-refractivity contribution is 7.86. The number of terminal acetylenes is 1. The molecule has 94 valence electrons. The second-order valence-corrected chi connectivity index (χ2v) is 8.24. The van der Waals surface area contributed by atoms with Gasteiger partial charge in [-0.25, -0.2) is 0 Å². The summed E-state index contributed by atoms with van der Waals surface area (Å²) >= 11 is 0. The molecular weight excluding hydrogens is 220 g/mol. The third-order valence-corrected chi connectivity index (χ3v) is 4.29. The lowest BCUT2D eigenvalue weighted by Crippen LogP contribution is -2.38. The molecule has 2 nitrogen and oxygen atoms in total. The van der Waals surface area contributed by atoms with E-state index in [4.69, 9.17) is 11.2 Å². The Bertz CT molecular complexity index is 276. The van der Waals surface area contributed by atoms with Gasteiger partial charge in [-0.2, -0.15) is 0 Å². The zero-order chi connectivity index (χ0) is 13.0. The van der Waals surface area contributed by atoms with E-state index in [0.29, 0.717) is 5.75 Å². The second kappa shape index (κ2) is 5.84. The molecule has 0 unspecified atom stereocenters. The summed E-state index contributed by atoms with van der Waals surface area (Å²) in [6.07, 6.45) is 5.12. The molecule has 2 atom stereocenters. The van der Waals surface area contributed by atoms with Crippen LogP contribution in [0.3, 0.4) is 0 Å². The lowest BCUT2D eigenvalue weighted by atomic mass is 9.90. The molecule has 0 amide bonds. The highest BCUT2D eigenvalue weighted by Crippen LogP contribution is 2.25. The van der Waals surface area contributed by atoms with Gasteiger partial charge in [0.1, 0.15) is 6.61 Å². The van der Waals surface area contributed by atoms with Gasteiger partial charge in [0.2, 0.25) is 0 Å². The van der Waals surface area contributed by atoms with Gasteiger partial charge in [0, 0.05) is 15.5 Å². The molecule has 16 heavy (non-hydrogen) atoms. The maximum Gasteiger partial charge on any atom is 0.107 e. The van der Waals surface area contributed by atoms with E-state index in [-0.39, 0.29) is 22.9 Å². The molecule has 0 aromatic heterocycles. The fraction of sp³-hybridized carbons (Fsp3) is 0.846. The predicted molar refractivity (Wildman–Crippen MR) is 70.8 cm³/mol. The largest absolute Gasteiger partial charge is 0.364 e. The smallest absolute Gasteiger partial charge is 0.107 e. The molecule has 0 fully saturated rings. The Labute approximate surface area is 103 Å². The molecular formula is C13H24O2S. The minimum atomic E-state index is -0.911. The molecule has 0 heterocycles. The molecule has 0 N–H and O–H groups in total. The predicted octanol–water partition coefficient (Wildman–Crippen LogP) is 2.60. The first-order chi connectivity index (χ1) is 7.09. The van der Waals surface area contributed by atoms with Crippen LogP contribution in [0.15, 0.2) is 0 Å². The molecule has 0 aliphatic rings. The fourth-order valence-electron chi connectivity index (χ4n) is 1.08. The second-order valence-electron chi connectivity index (χ2n) is 5.99. The van der Waals surface area contributed by atoms with Gasteiger partial charge < -0.3 is 4.74 Å². The molecule has 0 saturated carbocycles. The number of hydrogen-bond acceptors (Lipinski definition) is 2. The number of ether oxygens (including phenoxy) is 1. The number of hydrogen-bond donors (Lipinski definition) is 0. The van der Waals surface area contributed by atoms with E-state index in [1.165, 1.54) is 0 Å². The van der Waals surface area contributed by atoms with E-state index >= 15 is 0 Å². The Morgan fingerprint density at radius 2 is 1.75 bits per heavy atom. The minimum absolute atomic E-state index is 0.0439. The lowest BCUT2D eigenvalue weighted by Gasteiger charge is -2.32. The van der Waals surface area contributed by atoms with Crippen molar-refractivity contribution < 1.29 is 8.95 Å². The Morgan fingerprint density at radius 1 is 1.25 bits per heavy atom. The van der Waals surface area contributed by atoms with Crippen LogP contribution in [-0.2, 0) is 15.5 Å². The SMILES string of the molecule is C#CCO[C@@H](C[S@](=O)C(C)(C)C)C(C)(C)C. The van der Waals surface area contributed by atoms with Crippen LogP contribution >= 0.6 is 0 Å². The quantitative estimate of drug-likeness (QED) is 0.711. The molecule has 0 aliphatic heterocycles. The zero-order valence-corrected chi connectivity index (χ0v) is 12.1. The molecule has 0 aromatic carbocycles. The van der Waals surface area contributed by atoms with Crippen LogP contribution in [0.5, 0.6) is 0 Å². The van der Waals surface area contributed by atoms with Crippen molar-refractivity contribution in [2.75, 3.05) is 12.4 Å². The van der Waals surface area contributed by atoms with Crippen molar-refractivity contribution in [2.45, 2.75) is 52.4 Å². The van der Waals surface area contributed by atoms with Crippen LogP contribution in [0.4, 0.5) is 0 Å². The monoisotopic (exact) mass is 244 g/mol. The van der Waals surface area contributed by atoms with E-state index in [1.54, 1.807) is 0 Å². The Morgan fingerprint density at radius 3 is 2.06 bits per heavy atom. The normalized spacial score (nSPS) is 16.6. The Balaban J connectivity index is 4.58. The van der Waals surface area contributed by atoms with Gasteiger partial charge >= 0.3 is 0 Å². The van der Waals surface area contributed by atoms with Gasteiger partial charge in [-0.05, 0) is 26.2 Å². The van der Waals surface area contributed by atoms with Gasteiger partial charge in [-0.3, -0.25) is 4.21 Å². The molecule has 3 heteroatoms. The summed E-state index contributed by atoms with van der Waals surface area (Å²) in [5, 5.41) is 0. The maximum absolute atomic E-state index is 12.1. The maximum atomic E-state index is 12.1. The Kier molecular flexibility index (Phi) is 5.72. The highest BCUT2D eigenvalue weighted by Gasteiger charge is 2.30. The van der Waals surface area contributed by atoms with Gasteiger partial charge in [0.15, 0.2) is 0 Å². The molecule has 0 aromatic rings. The standard InChI is InChI=1S/C13H24O2S/c1-8-9-15-11(12(2,3)4)10-16(14)13(5,6)7/h1,11H,9-10H2,2-7H3/t11-,16-/m0/s1. The van der Waals surface area contributed by atoms with Crippen molar-refractivity contribution in [3.05, 3.63) is 0 Å². The third kappa shape index (κ3) is 5.67. The van der Waals surface area contributed by atoms with E-state index in [2.05, 4.69) is 26.7 Å². The van der Waals surface area contributed by atoms with Crippen LogP contribution in [0.1, 0.15) is 41.5 Å². The van der Waals surface area contributed by atoms with E-state index in [1.807, 2.05) is 20.8 Å².